The van der Waals surface area contributed by atoms with Crippen LogP contribution in [0.2, 0.25) is 5.02 Å². The molecule has 0 fully saturated rings. The van der Waals surface area contributed by atoms with E-state index in [2.05, 4.69) is 19.8 Å². The van der Waals surface area contributed by atoms with E-state index in [1.54, 1.807) is 55.2 Å². The third kappa shape index (κ3) is 5.06. The van der Waals surface area contributed by atoms with Crippen molar-refractivity contribution in [1.82, 2.24) is 10.1 Å². The summed E-state index contributed by atoms with van der Waals surface area (Å²) in [5.74, 6) is -0.976. The van der Waals surface area contributed by atoms with Crippen molar-refractivity contribution in [2.24, 2.45) is 0 Å². The maximum atomic E-state index is 13.0. The Morgan fingerprint density at radius 2 is 1.85 bits per heavy atom. The molecule has 1 atom stereocenters. The van der Waals surface area contributed by atoms with Crippen LogP contribution in [-0.4, -0.2) is 16.8 Å². The summed E-state index contributed by atoms with van der Waals surface area (Å²) in [5, 5.41) is 3.24. The number of rotatable bonds is 6. The first-order valence-corrected chi connectivity index (χ1v) is 10.8. The summed E-state index contributed by atoms with van der Waals surface area (Å²) in [6.45, 7) is 1.62. The second-order valence-corrected chi connectivity index (χ2v) is 9.59. The Labute approximate surface area is 164 Å². The van der Waals surface area contributed by atoms with E-state index in [1.165, 1.54) is 0 Å². The summed E-state index contributed by atoms with van der Waals surface area (Å²) in [4.78, 5) is 3.58. The Balaban J connectivity index is 1.73. The van der Waals surface area contributed by atoms with Crippen molar-refractivity contribution < 1.29 is 17.9 Å². The zero-order valence-electron chi connectivity index (χ0n) is 14.0. The van der Waals surface area contributed by atoms with Crippen molar-refractivity contribution in [3.8, 4) is 11.4 Å². The summed E-state index contributed by atoms with van der Waals surface area (Å²) in [5.41, 5.74) is 1.86. The molecular weight excluding hydrogens is 418 g/mol. The number of halogens is 4. The molecule has 0 saturated heterocycles. The molecule has 1 unspecified atom stereocenters. The van der Waals surface area contributed by atoms with Crippen molar-refractivity contribution in [2.75, 3.05) is 11.8 Å². The number of nitrogens with zero attached hydrogens (tertiary/aromatic N) is 2. The van der Waals surface area contributed by atoms with Crippen molar-refractivity contribution in [2.45, 2.75) is 11.5 Å². The van der Waals surface area contributed by atoms with Crippen LogP contribution in [0.1, 0.15) is 11.5 Å². The molecule has 3 rings (SSSR count). The van der Waals surface area contributed by atoms with Gasteiger partial charge in [0.05, 0.1) is 10.7 Å². The van der Waals surface area contributed by atoms with Crippen LogP contribution in [0.15, 0.2) is 53.1 Å². The SMILES string of the molecule is CP(=O)(Cc1ccc(-c2noc(C(F)(F)Cl)n2)cc1)Nc1ccccc1Cl. The molecular formula is C17H14Cl2F2N3O2P. The molecule has 27 heavy (non-hydrogen) atoms. The Kier molecular flexibility index (Phi) is 5.56. The van der Waals surface area contributed by atoms with Gasteiger partial charge in [-0.1, -0.05) is 53.2 Å². The Morgan fingerprint density at radius 1 is 1.19 bits per heavy atom. The zero-order chi connectivity index (χ0) is 19.7. The van der Waals surface area contributed by atoms with E-state index in [1.807, 2.05) is 0 Å². The molecule has 10 heteroatoms. The van der Waals surface area contributed by atoms with E-state index in [4.69, 9.17) is 23.2 Å². The van der Waals surface area contributed by atoms with Gasteiger partial charge < -0.3 is 14.2 Å². The van der Waals surface area contributed by atoms with Gasteiger partial charge in [0.15, 0.2) is 7.29 Å². The number of benzene rings is 2. The van der Waals surface area contributed by atoms with Crippen LogP contribution in [0.5, 0.6) is 0 Å². The van der Waals surface area contributed by atoms with E-state index in [0.29, 0.717) is 16.3 Å². The fourth-order valence-electron chi connectivity index (χ4n) is 2.41. The summed E-state index contributed by atoms with van der Waals surface area (Å²) in [6.07, 6.45) is 0.274. The second-order valence-electron chi connectivity index (χ2n) is 5.97. The van der Waals surface area contributed by atoms with Gasteiger partial charge >= 0.3 is 11.3 Å². The van der Waals surface area contributed by atoms with Gasteiger partial charge in [0, 0.05) is 18.4 Å². The molecule has 0 saturated carbocycles. The lowest BCUT2D eigenvalue weighted by Crippen LogP contribution is -2.03. The minimum Gasteiger partial charge on any atom is -0.335 e. The maximum absolute atomic E-state index is 13.0. The number of aromatic nitrogens is 2. The third-order valence-electron chi connectivity index (χ3n) is 3.60. The molecule has 0 radical (unpaired) electrons. The fourth-order valence-corrected chi connectivity index (χ4v) is 4.43. The summed E-state index contributed by atoms with van der Waals surface area (Å²) >= 11 is 10.9. The number of hydrogen-bond acceptors (Lipinski definition) is 4. The summed E-state index contributed by atoms with van der Waals surface area (Å²) in [7, 11) is -2.77. The number of alkyl halides is 3. The van der Waals surface area contributed by atoms with Crippen molar-refractivity contribution in [1.29, 1.82) is 0 Å². The molecule has 1 N–H and O–H groups in total. The van der Waals surface area contributed by atoms with Gasteiger partial charge in [0.1, 0.15) is 0 Å². The Bertz CT molecular complexity index is 990. The molecule has 0 spiro atoms. The highest BCUT2D eigenvalue weighted by atomic mass is 35.5. The second kappa shape index (κ2) is 7.58. The van der Waals surface area contributed by atoms with Crippen LogP contribution in [0.3, 0.4) is 0 Å². The highest BCUT2D eigenvalue weighted by molar-refractivity contribution is 7.63. The molecule has 2 aromatic carbocycles. The number of anilines is 1. The van der Waals surface area contributed by atoms with Crippen molar-refractivity contribution >= 4 is 36.2 Å². The highest BCUT2D eigenvalue weighted by Crippen LogP contribution is 2.46. The topological polar surface area (TPSA) is 68.0 Å². The van der Waals surface area contributed by atoms with Crippen LogP contribution >= 0.6 is 30.5 Å². The molecule has 3 aromatic rings. The Hall–Kier alpha value is -1.95. The minimum absolute atomic E-state index is 0.00857. The van der Waals surface area contributed by atoms with Crippen LogP contribution in [0.4, 0.5) is 14.5 Å². The molecule has 0 aliphatic carbocycles. The van der Waals surface area contributed by atoms with E-state index in [-0.39, 0.29) is 12.0 Å². The standard InChI is InChI=1S/C17H14Cl2F2N3O2P/c1-27(25,24-14-5-3-2-4-13(14)18)10-11-6-8-12(9-7-11)15-22-16(26-23-15)17(19,20)21/h2-9H,10H2,1H3,(H,24,25). The predicted octanol–water partition coefficient (Wildman–Crippen LogP) is 6.20. The van der Waals surface area contributed by atoms with Crippen LogP contribution in [0.25, 0.3) is 11.4 Å². The summed E-state index contributed by atoms with van der Waals surface area (Å²) in [6, 6.07) is 13.7. The molecule has 5 nitrogen and oxygen atoms in total. The summed E-state index contributed by atoms with van der Waals surface area (Å²) < 4.78 is 43.3. The lowest BCUT2D eigenvalue weighted by molar-refractivity contribution is 0.0551. The quantitative estimate of drug-likeness (QED) is 0.371. The van der Waals surface area contributed by atoms with Crippen molar-refractivity contribution in [3.63, 3.8) is 0 Å². The average Bonchev–Trinajstić information content (AvgIpc) is 3.07. The zero-order valence-corrected chi connectivity index (χ0v) is 16.4. The van der Waals surface area contributed by atoms with Crippen LogP contribution in [0, 0.1) is 0 Å². The molecule has 1 aromatic heterocycles. The van der Waals surface area contributed by atoms with E-state index in [9.17, 15) is 13.3 Å². The normalized spacial score (nSPS) is 14.0. The van der Waals surface area contributed by atoms with Gasteiger partial charge in [-0.15, -0.1) is 0 Å². The molecule has 0 aliphatic rings. The molecule has 0 aliphatic heterocycles. The predicted molar refractivity (Wildman–Crippen MR) is 102 cm³/mol. The molecule has 0 bridgehead atoms. The van der Waals surface area contributed by atoms with Gasteiger partial charge in [-0.3, -0.25) is 0 Å². The molecule has 142 valence electrons. The Morgan fingerprint density at radius 3 is 2.44 bits per heavy atom. The number of para-hydroxylation sites is 1. The smallest absolute Gasteiger partial charge is 0.335 e. The minimum atomic E-state index is -3.72. The average molecular weight is 432 g/mol. The van der Waals surface area contributed by atoms with Gasteiger partial charge in [0.25, 0.3) is 0 Å². The molecule has 1 heterocycles. The van der Waals surface area contributed by atoms with Gasteiger partial charge in [-0.25, -0.2) is 0 Å². The van der Waals surface area contributed by atoms with Crippen LogP contribution < -0.4 is 5.09 Å². The largest absolute Gasteiger partial charge is 0.400 e. The highest BCUT2D eigenvalue weighted by Gasteiger charge is 2.35. The number of hydrogen-bond donors (Lipinski definition) is 1. The van der Waals surface area contributed by atoms with Gasteiger partial charge in [0.2, 0.25) is 5.82 Å². The van der Waals surface area contributed by atoms with Crippen molar-refractivity contribution in [3.05, 3.63) is 65.0 Å². The monoisotopic (exact) mass is 431 g/mol. The maximum Gasteiger partial charge on any atom is 0.400 e. The molecule has 0 amide bonds. The van der Waals surface area contributed by atoms with Crippen LogP contribution in [-0.2, 0) is 16.1 Å². The van der Waals surface area contributed by atoms with Gasteiger partial charge in [-0.2, -0.15) is 13.8 Å². The lowest BCUT2D eigenvalue weighted by atomic mass is 10.1. The first-order valence-electron chi connectivity index (χ1n) is 7.74. The van der Waals surface area contributed by atoms with E-state index >= 15 is 0 Å². The lowest BCUT2D eigenvalue weighted by Gasteiger charge is -2.17. The van der Waals surface area contributed by atoms with E-state index in [0.717, 1.165) is 5.56 Å². The fraction of sp³-hybridized carbons (Fsp3) is 0.176. The van der Waals surface area contributed by atoms with E-state index < -0.39 is 18.6 Å². The third-order valence-corrected chi connectivity index (χ3v) is 5.77. The first-order chi connectivity index (χ1) is 12.6. The number of nitrogens with one attached hydrogen (secondary N) is 1. The van der Waals surface area contributed by atoms with Gasteiger partial charge in [-0.05, 0) is 29.3 Å². The first kappa shape index (κ1) is 19.8.